The number of aromatic nitrogens is 4. The molecule has 122 valence electrons. The second-order valence-corrected chi connectivity index (χ2v) is 6.47. The van der Waals surface area contributed by atoms with Gasteiger partial charge in [-0.2, -0.15) is 9.97 Å². The van der Waals surface area contributed by atoms with E-state index in [1.807, 2.05) is 11.4 Å². The smallest absolute Gasteiger partial charge is 0.247 e. The Morgan fingerprint density at radius 1 is 1.39 bits per heavy atom. The fraction of sp³-hybridized carbons (Fsp3) is 0.308. The van der Waals surface area contributed by atoms with Crippen LogP contribution in [0.2, 0.25) is 0 Å². The third kappa shape index (κ3) is 3.78. The van der Waals surface area contributed by atoms with Crippen LogP contribution in [0.3, 0.4) is 0 Å². The number of thiophene rings is 1. The summed E-state index contributed by atoms with van der Waals surface area (Å²) in [5.74, 6) is 0.432. The molecule has 0 aliphatic rings. The third-order valence-corrected chi connectivity index (χ3v) is 4.56. The first kappa shape index (κ1) is 16.1. The van der Waals surface area contributed by atoms with Gasteiger partial charge in [-0.3, -0.25) is 4.57 Å². The van der Waals surface area contributed by atoms with Crippen molar-refractivity contribution in [2.75, 3.05) is 18.9 Å². The molecule has 0 bridgehead atoms. The molecular formula is C13H14BrN5O3S. The lowest BCUT2D eigenvalue weighted by Gasteiger charge is -2.07. The van der Waals surface area contributed by atoms with Gasteiger partial charge in [0.1, 0.15) is 13.3 Å². The van der Waals surface area contributed by atoms with E-state index in [1.54, 1.807) is 22.2 Å². The molecule has 3 aromatic rings. The van der Waals surface area contributed by atoms with Crippen LogP contribution in [0.5, 0.6) is 5.88 Å². The molecule has 3 rings (SSSR count). The zero-order valence-electron chi connectivity index (χ0n) is 12.0. The van der Waals surface area contributed by atoms with Crippen LogP contribution in [0.1, 0.15) is 4.88 Å². The Balaban J connectivity index is 1.82. The molecule has 0 aliphatic carbocycles. The van der Waals surface area contributed by atoms with Crippen molar-refractivity contribution in [2.24, 2.45) is 0 Å². The number of halogens is 1. The van der Waals surface area contributed by atoms with Crippen LogP contribution in [0.25, 0.3) is 11.2 Å². The molecule has 0 saturated heterocycles. The summed E-state index contributed by atoms with van der Waals surface area (Å²) in [6, 6.07) is 1.98. The molecular weight excluding hydrogens is 386 g/mol. The van der Waals surface area contributed by atoms with E-state index in [9.17, 15) is 0 Å². The summed E-state index contributed by atoms with van der Waals surface area (Å²) in [5.41, 5.74) is 6.79. The molecule has 3 aromatic heterocycles. The highest BCUT2D eigenvalue weighted by atomic mass is 79.9. The standard InChI is InChI=1S/C13H14BrN5O3S/c14-8-3-9(23-5-8)4-22-12-10-11(17-13(15)18-12)19(6-16-10)7-21-2-1-20/h3,5-6,20H,1-2,4,7H2,(H2,15,17,18). The summed E-state index contributed by atoms with van der Waals surface area (Å²) in [6.45, 7) is 0.770. The van der Waals surface area contributed by atoms with Crippen LogP contribution in [0.4, 0.5) is 5.95 Å². The van der Waals surface area contributed by atoms with Gasteiger partial charge in [-0.25, -0.2) is 4.98 Å². The van der Waals surface area contributed by atoms with Gasteiger partial charge >= 0.3 is 0 Å². The Morgan fingerprint density at radius 2 is 2.26 bits per heavy atom. The second kappa shape index (κ2) is 7.21. The minimum atomic E-state index is -0.0471. The van der Waals surface area contributed by atoms with Crippen LogP contribution in [-0.4, -0.2) is 37.8 Å². The van der Waals surface area contributed by atoms with Crippen molar-refractivity contribution in [3.8, 4) is 5.88 Å². The quantitative estimate of drug-likeness (QED) is 0.582. The number of aliphatic hydroxyl groups excluding tert-OH is 1. The zero-order chi connectivity index (χ0) is 16.2. The average Bonchev–Trinajstić information content (AvgIpc) is 3.12. The Kier molecular flexibility index (Phi) is 5.06. The Morgan fingerprint density at radius 3 is 3.00 bits per heavy atom. The number of hydrogen-bond donors (Lipinski definition) is 2. The molecule has 3 N–H and O–H groups in total. The van der Waals surface area contributed by atoms with Crippen molar-refractivity contribution in [3.63, 3.8) is 0 Å². The van der Waals surface area contributed by atoms with Gasteiger partial charge in [-0.05, 0) is 22.0 Å². The fourth-order valence-corrected chi connectivity index (χ4v) is 3.29. The topological polar surface area (TPSA) is 108 Å². The first-order valence-electron chi connectivity index (χ1n) is 6.70. The van der Waals surface area contributed by atoms with Crippen LogP contribution in [-0.2, 0) is 18.1 Å². The first-order valence-corrected chi connectivity index (χ1v) is 8.37. The molecule has 10 heteroatoms. The monoisotopic (exact) mass is 399 g/mol. The van der Waals surface area contributed by atoms with Crippen molar-refractivity contribution in [1.82, 2.24) is 19.5 Å². The molecule has 0 unspecified atom stereocenters. The highest BCUT2D eigenvalue weighted by Crippen LogP contribution is 2.25. The Labute approximate surface area is 144 Å². The lowest BCUT2D eigenvalue weighted by atomic mass is 10.5. The number of ether oxygens (including phenoxy) is 2. The van der Waals surface area contributed by atoms with Crippen molar-refractivity contribution < 1.29 is 14.6 Å². The zero-order valence-corrected chi connectivity index (χ0v) is 14.4. The van der Waals surface area contributed by atoms with E-state index >= 15 is 0 Å². The summed E-state index contributed by atoms with van der Waals surface area (Å²) in [4.78, 5) is 13.6. The molecule has 0 aliphatic heterocycles. The number of aliphatic hydroxyl groups is 1. The van der Waals surface area contributed by atoms with Gasteiger partial charge in [0.15, 0.2) is 11.2 Å². The van der Waals surface area contributed by atoms with E-state index in [4.69, 9.17) is 20.3 Å². The van der Waals surface area contributed by atoms with Gasteiger partial charge in [0.2, 0.25) is 11.8 Å². The van der Waals surface area contributed by atoms with E-state index in [0.29, 0.717) is 23.7 Å². The summed E-state index contributed by atoms with van der Waals surface area (Å²) < 4.78 is 13.7. The average molecular weight is 400 g/mol. The van der Waals surface area contributed by atoms with Crippen LogP contribution >= 0.6 is 27.3 Å². The molecule has 23 heavy (non-hydrogen) atoms. The number of rotatable bonds is 7. The predicted molar refractivity (Wildman–Crippen MR) is 89.1 cm³/mol. The van der Waals surface area contributed by atoms with Crippen molar-refractivity contribution in [1.29, 1.82) is 0 Å². The number of nitrogens with zero attached hydrogens (tertiary/aromatic N) is 4. The van der Waals surface area contributed by atoms with Crippen molar-refractivity contribution >= 4 is 44.4 Å². The maximum Gasteiger partial charge on any atom is 0.247 e. The number of hydrogen-bond acceptors (Lipinski definition) is 8. The normalized spacial score (nSPS) is 11.2. The lowest BCUT2D eigenvalue weighted by molar-refractivity contribution is 0.0499. The van der Waals surface area contributed by atoms with E-state index in [-0.39, 0.29) is 25.9 Å². The Bertz CT molecular complexity index is 806. The molecule has 0 radical (unpaired) electrons. The fourth-order valence-electron chi connectivity index (χ4n) is 1.93. The van der Waals surface area contributed by atoms with Crippen molar-refractivity contribution in [2.45, 2.75) is 13.3 Å². The van der Waals surface area contributed by atoms with Crippen molar-refractivity contribution in [3.05, 3.63) is 27.1 Å². The molecule has 3 heterocycles. The number of imidazole rings is 1. The van der Waals surface area contributed by atoms with Gasteiger partial charge in [-0.1, -0.05) is 0 Å². The van der Waals surface area contributed by atoms with Gasteiger partial charge in [0.05, 0.1) is 19.5 Å². The highest BCUT2D eigenvalue weighted by molar-refractivity contribution is 9.10. The van der Waals surface area contributed by atoms with Crippen LogP contribution in [0, 0.1) is 0 Å². The highest BCUT2D eigenvalue weighted by Gasteiger charge is 2.14. The molecule has 0 fully saturated rings. The summed E-state index contributed by atoms with van der Waals surface area (Å²) >= 11 is 4.99. The van der Waals surface area contributed by atoms with E-state index < -0.39 is 0 Å². The van der Waals surface area contributed by atoms with Gasteiger partial charge in [-0.15, -0.1) is 11.3 Å². The SMILES string of the molecule is Nc1nc(OCc2cc(Br)cs2)c2ncn(COCCO)c2n1. The summed E-state index contributed by atoms with van der Waals surface area (Å²) in [7, 11) is 0. The molecule has 8 nitrogen and oxygen atoms in total. The second-order valence-electron chi connectivity index (χ2n) is 4.55. The minimum Gasteiger partial charge on any atom is -0.470 e. The third-order valence-electron chi connectivity index (χ3n) is 2.89. The molecule has 0 atom stereocenters. The number of fused-ring (bicyclic) bond motifs is 1. The predicted octanol–water partition coefficient (Wildman–Crippen LogP) is 1.78. The van der Waals surface area contributed by atoms with E-state index in [1.165, 1.54) is 0 Å². The minimum absolute atomic E-state index is 0.0471. The molecule has 0 aromatic carbocycles. The lowest BCUT2D eigenvalue weighted by Crippen LogP contribution is -2.07. The van der Waals surface area contributed by atoms with Gasteiger partial charge in [0.25, 0.3) is 0 Å². The number of nitrogen functional groups attached to an aromatic ring is 1. The summed E-state index contributed by atoms with van der Waals surface area (Å²) in [6.07, 6.45) is 1.57. The Hall–Kier alpha value is -1.75. The van der Waals surface area contributed by atoms with E-state index in [2.05, 4.69) is 30.9 Å². The van der Waals surface area contributed by atoms with Gasteiger partial charge < -0.3 is 20.3 Å². The van der Waals surface area contributed by atoms with Crippen LogP contribution in [0.15, 0.2) is 22.2 Å². The maximum absolute atomic E-state index is 8.76. The molecule has 0 amide bonds. The molecule has 0 spiro atoms. The number of nitrogens with two attached hydrogens (primary N) is 1. The van der Waals surface area contributed by atoms with E-state index in [0.717, 1.165) is 9.35 Å². The number of anilines is 1. The van der Waals surface area contributed by atoms with Crippen LogP contribution < -0.4 is 10.5 Å². The summed E-state index contributed by atoms with van der Waals surface area (Å²) in [5, 5.41) is 10.7. The molecule has 0 saturated carbocycles. The van der Waals surface area contributed by atoms with Gasteiger partial charge in [0, 0.05) is 14.7 Å². The maximum atomic E-state index is 8.76. The first-order chi connectivity index (χ1) is 11.2. The largest absolute Gasteiger partial charge is 0.470 e.